The number of nitrogens with zero attached hydrogens (tertiary/aromatic N) is 1. The molecule has 0 unspecified atom stereocenters. The number of amides is 2. The van der Waals surface area contributed by atoms with Crippen LogP contribution >= 0.6 is 23.2 Å². The number of ether oxygens (including phenoxy) is 1. The maximum Gasteiger partial charge on any atom is 0.257 e. The number of carbonyl (C=O) groups excluding carboxylic acids is 2. The second-order valence-electron chi connectivity index (χ2n) is 6.37. The van der Waals surface area contributed by atoms with Crippen LogP contribution < -0.4 is 10.1 Å². The maximum atomic E-state index is 12.7. The van der Waals surface area contributed by atoms with Crippen LogP contribution in [0.2, 0.25) is 10.0 Å². The van der Waals surface area contributed by atoms with Gasteiger partial charge in [-0.3, -0.25) is 9.59 Å². The lowest BCUT2D eigenvalue weighted by Gasteiger charge is -2.32. The molecule has 3 rings (SSSR count). The summed E-state index contributed by atoms with van der Waals surface area (Å²) in [6, 6.07) is 12.0. The molecule has 1 aliphatic rings. The third-order valence-corrected chi connectivity index (χ3v) is 5.38. The molecule has 0 aliphatic carbocycles. The predicted molar refractivity (Wildman–Crippen MR) is 106 cm³/mol. The van der Waals surface area contributed by atoms with Crippen molar-refractivity contribution >= 4 is 35.0 Å². The monoisotopic (exact) mass is 406 g/mol. The van der Waals surface area contributed by atoms with E-state index in [1.165, 1.54) is 0 Å². The minimum absolute atomic E-state index is 0.00803. The van der Waals surface area contributed by atoms with Crippen LogP contribution in [0.25, 0.3) is 0 Å². The quantitative estimate of drug-likeness (QED) is 0.833. The Labute approximate surface area is 168 Å². The number of carbonyl (C=O) groups is 2. The van der Waals surface area contributed by atoms with E-state index < -0.39 is 0 Å². The summed E-state index contributed by atoms with van der Waals surface area (Å²) in [5, 5.41) is 3.76. The molecule has 0 atom stereocenters. The van der Waals surface area contributed by atoms with Crippen LogP contribution in [0.1, 0.15) is 33.6 Å². The molecule has 142 valence electrons. The molecule has 2 aromatic carbocycles. The summed E-state index contributed by atoms with van der Waals surface area (Å²) >= 11 is 11.9. The number of halogens is 2. The number of para-hydroxylation sites is 1. The molecule has 1 fully saturated rings. The molecule has 1 N–H and O–H groups in total. The van der Waals surface area contributed by atoms with E-state index in [1.807, 2.05) is 12.1 Å². The Morgan fingerprint density at radius 3 is 2.44 bits per heavy atom. The van der Waals surface area contributed by atoms with E-state index in [-0.39, 0.29) is 17.9 Å². The summed E-state index contributed by atoms with van der Waals surface area (Å²) in [6.07, 6.45) is 1.38. The standard InChI is InChI=1S/C20H20Cl2N2O3/c1-27-18-5-3-2-4-15(18)20(26)24-10-8-14(9-11-24)23-19(25)13-6-7-16(21)17(22)12-13/h2-7,12,14H,8-11H2,1H3,(H,23,25). The topological polar surface area (TPSA) is 58.6 Å². The smallest absolute Gasteiger partial charge is 0.257 e. The number of hydrogen-bond acceptors (Lipinski definition) is 3. The van der Waals surface area contributed by atoms with Crippen molar-refractivity contribution in [2.45, 2.75) is 18.9 Å². The van der Waals surface area contributed by atoms with Gasteiger partial charge in [0.25, 0.3) is 11.8 Å². The van der Waals surface area contributed by atoms with Crippen molar-refractivity contribution in [3.05, 3.63) is 63.6 Å². The van der Waals surface area contributed by atoms with Gasteiger partial charge >= 0.3 is 0 Å². The summed E-state index contributed by atoms with van der Waals surface area (Å²) < 4.78 is 5.27. The molecule has 2 amide bonds. The van der Waals surface area contributed by atoms with E-state index in [2.05, 4.69) is 5.32 Å². The molecule has 1 aliphatic heterocycles. The van der Waals surface area contributed by atoms with Crippen LogP contribution in [0.3, 0.4) is 0 Å². The van der Waals surface area contributed by atoms with Crippen LogP contribution in [0.15, 0.2) is 42.5 Å². The van der Waals surface area contributed by atoms with Gasteiger partial charge in [-0.15, -0.1) is 0 Å². The van der Waals surface area contributed by atoms with Crippen molar-refractivity contribution in [1.82, 2.24) is 10.2 Å². The highest BCUT2D eigenvalue weighted by atomic mass is 35.5. The number of benzene rings is 2. The van der Waals surface area contributed by atoms with Crippen LogP contribution in [0.4, 0.5) is 0 Å². The minimum Gasteiger partial charge on any atom is -0.496 e. The number of piperidine rings is 1. The average molecular weight is 407 g/mol. The van der Waals surface area contributed by atoms with E-state index in [1.54, 1.807) is 42.3 Å². The van der Waals surface area contributed by atoms with Crippen molar-refractivity contribution in [3.63, 3.8) is 0 Å². The fourth-order valence-corrected chi connectivity index (χ4v) is 3.42. The SMILES string of the molecule is COc1ccccc1C(=O)N1CCC(NC(=O)c2ccc(Cl)c(Cl)c2)CC1. The second-order valence-corrected chi connectivity index (χ2v) is 7.18. The van der Waals surface area contributed by atoms with Crippen LogP contribution in [-0.4, -0.2) is 43.0 Å². The van der Waals surface area contributed by atoms with E-state index in [0.29, 0.717) is 52.9 Å². The molecule has 1 heterocycles. The molecule has 0 saturated carbocycles. The van der Waals surface area contributed by atoms with Crippen LogP contribution in [0, 0.1) is 0 Å². The van der Waals surface area contributed by atoms with Gasteiger partial charge in [0.15, 0.2) is 0 Å². The molecular formula is C20H20Cl2N2O3. The Morgan fingerprint density at radius 1 is 1.07 bits per heavy atom. The Balaban J connectivity index is 1.58. The highest BCUT2D eigenvalue weighted by molar-refractivity contribution is 6.42. The molecule has 7 heteroatoms. The van der Waals surface area contributed by atoms with E-state index in [9.17, 15) is 9.59 Å². The van der Waals surface area contributed by atoms with Gasteiger partial charge in [0.05, 0.1) is 22.7 Å². The summed E-state index contributed by atoms with van der Waals surface area (Å²) in [5.41, 5.74) is 1.02. The molecule has 0 aromatic heterocycles. The Hall–Kier alpha value is -2.24. The molecule has 2 aromatic rings. The normalized spacial score (nSPS) is 14.7. The first-order valence-electron chi connectivity index (χ1n) is 8.68. The van der Waals surface area contributed by atoms with Gasteiger partial charge in [0.1, 0.15) is 5.75 Å². The lowest BCUT2D eigenvalue weighted by Crippen LogP contribution is -2.46. The van der Waals surface area contributed by atoms with Gasteiger partial charge < -0.3 is 15.0 Å². The summed E-state index contributed by atoms with van der Waals surface area (Å²) in [6.45, 7) is 1.15. The number of nitrogens with one attached hydrogen (secondary N) is 1. The van der Waals surface area contributed by atoms with Crippen molar-refractivity contribution in [1.29, 1.82) is 0 Å². The zero-order valence-electron chi connectivity index (χ0n) is 14.9. The van der Waals surface area contributed by atoms with Crippen LogP contribution in [-0.2, 0) is 0 Å². The molecule has 1 saturated heterocycles. The van der Waals surface area contributed by atoms with Crippen LogP contribution in [0.5, 0.6) is 5.75 Å². The third-order valence-electron chi connectivity index (χ3n) is 4.64. The highest BCUT2D eigenvalue weighted by Gasteiger charge is 2.26. The summed E-state index contributed by atoms with van der Waals surface area (Å²) in [7, 11) is 1.55. The first-order valence-corrected chi connectivity index (χ1v) is 9.43. The number of methoxy groups -OCH3 is 1. The molecule has 0 spiro atoms. The zero-order chi connectivity index (χ0) is 19.4. The molecular weight excluding hydrogens is 387 g/mol. The van der Waals surface area contributed by atoms with Gasteiger partial charge in [-0.1, -0.05) is 35.3 Å². The van der Waals surface area contributed by atoms with Gasteiger partial charge in [-0.2, -0.15) is 0 Å². The Kier molecular flexibility index (Phi) is 6.24. The molecule has 0 bridgehead atoms. The lowest BCUT2D eigenvalue weighted by molar-refractivity contribution is 0.0695. The second kappa shape index (κ2) is 8.63. The van der Waals surface area contributed by atoms with Gasteiger partial charge in [0.2, 0.25) is 0 Å². The van der Waals surface area contributed by atoms with Crippen molar-refractivity contribution < 1.29 is 14.3 Å². The summed E-state index contributed by atoms with van der Waals surface area (Å²) in [4.78, 5) is 26.9. The number of likely N-dealkylation sites (tertiary alicyclic amines) is 1. The van der Waals surface area contributed by atoms with E-state index >= 15 is 0 Å². The minimum atomic E-state index is -0.192. The molecule has 27 heavy (non-hydrogen) atoms. The Morgan fingerprint density at radius 2 is 1.78 bits per heavy atom. The first kappa shape index (κ1) is 19.5. The van der Waals surface area contributed by atoms with Gasteiger partial charge in [-0.05, 0) is 43.2 Å². The van der Waals surface area contributed by atoms with Gasteiger partial charge in [0, 0.05) is 24.7 Å². The number of hydrogen-bond donors (Lipinski definition) is 1. The first-order chi connectivity index (χ1) is 13.0. The van der Waals surface area contributed by atoms with E-state index in [0.717, 1.165) is 0 Å². The fourth-order valence-electron chi connectivity index (χ4n) is 3.12. The van der Waals surface area contributed by atoms with Crippen molar-refractivity contribution in [2.24, 2.45) is 0 Å². The molecule has 5 nitrogen and oxygen atoms in total. The average Bonchev–Trinajstić information content (AvgIpc) is 2.70. The van der Waals surface area contributed by atoms with Crippen molar-refractivity contribution in [3.8, 4) is 5.75 Å². The lowest BCUT2D eigenvalue weighted by atomic mass is 10.0. The maximum absolute atomic E-state index is 12.7. The molecule has 0 radical (unpaired) electrons. The highest BCUT2D eigenvalue weighted by Crippen LogP contribution is 2.24. The summed E-state index contributed by atoms with van der Waals surface area (Å²) in [5.74, 6) is 0.322. The largest absolute Gasteiger partial charge is 0.496 e. The van der Waals surface area contributed by atoms with Gasteiger partial charge in [-0.25, -0.2) is 0 Å². The fraction of sp³-hybridized carbons (Fsp3) is 0.300. The predicted octanol–water partition coefficient (Wildman–Crippen LogP) is 4.04. The van der Waals surface area contributed by atoms with Crippen molar-refractivity contribution in [2.75, 3.05) is 20.2 Å². The third kappa shape index (κ3) is 4.54. The zero-order valence-corrected chi connectivity index (χ0v) is 16.4. The Bertz CT molecular complexity index is 849. The van der Waals surface area contributed by atoms with E-state index in [4.69, 9.17) is 27.9 Å². The number of rotatable bonds is 4.